The molecule has 1 aliphatic rings. The van der Waals surface area contributed by atoms with Gasteiger partial charge in [-0.3, -0.25) is 9.52 Å². The van der Waals surface area contributed by atoms with Crippen LogP contribution in [0.3, 0.4) is 0 Å². The molecule has 1 aromatic carbocycles. The number of allylic oxidation sites excluding steroid dienone is 1. The number of fused-ring (bicyclic) bond motifs is 1. The molecular weight excluding hydrogens is 510 g/mol. The number of nitrogens with one attached hydrogen (secondary N) is 2. The highest BCUT2D eigenvalue weighted by atomic mass is 32.2. The number of pyridine rings is 1. The van der Waals surface area contributed by atoms with Gasteiger partial charge in [-0.1, -0.05) is 36.2 Å². The van der Waals surface area contributed by atoms with Crippen LogP contribution in [0.25, 0.3) is 16.9 Å². The van der Waals surface area contributed by atoms with Crippen molar-refractivity contribution in [1.82, 2.24) is 29.0 Å². The van der Waals surface area contributed by atoms with Gasteiger partial charge in [0.1, 0.15) is 11.0 Å². The van der Waals surface area contributed by atoms with Crippen molar-refractivity contribution in [2.24, 2.45) is 0 Å². The van der Waals surface area contributed by atoms with Gasteiger partial charge in [-0.25, -0.2) is 19.3 Å². The number of benzene rings is 1. The Hall–Kier alpha value is -3.47. The third-order valence-electron chi connectivity index (χ3n) is 7.21. The predicted molar refractivity (Wildman–Crippen MR) is 158 cm³/mol. The van der Waals surface area contributed by atoms with Crippen molar-refractivity contribution >= 4 is 34.6 Å². The summed E-state index contributed by atoms with van der Waals surface area (Å²) in [4.78, 5) is 27.0. The van der Waals surface area contributed by atoms with Crippen LogP contribution in [0, 0.1) is 0 Å². The van der Waals surface area contributed by atoms with Gasteiger partial charge in [0.05, 0.1) is 12.2 Å². The van der Waals surface area contributed by atoms with Crippen LogP contribution in [-0.2, 0) is 12.1 Å². The van der Waals surface area contributed by atoms with Gasteiger partial charge >= 0.3 is 0 Å². The molecule has 0 saturated heterocycles. The van der Waals surface area contributed by atoms with E-state index in [4.69, 9.17) is 4.98 Å². The molecule has 0 amide bonds. The Labute approximate surface area is 232 Å². The SMILES string of the molecule is C=CCn1c(=O)c2cnc(Nc3ccc(C4CCC(NSC)CC4)cc3)nc2n1-c1cccc(C(C)(C)O)n1. The largest absolute Gasteiger partial charge is 0.384 e. The smallest absolute Gasteiger partial charge is 0.278 e. The highest BCUT2D eigenvalue weighted by Crippen LogP contribution is 2.34. The van der Waals surface area contributed by atoms with E-state index in [1.54, 1.807) is 60.9 Å². The number of aliphatic hydroxyl groups is 1. The van der Waals surface area contributed by atoms with Gasteiger partial charge in [-0.2, -0.15) is 4.98 Å². The Kier molecular flexibility index (Phi) is 7.88. The van der Waals surface area contributed by atoms with Crippen molar-refractivity contribution in [2.75, 3.05) is 11.6 Å². The van der Waals surface area contributed by atoms with E-state index in [0.29, 0.717) is 40.5 Å². The lowest BCUT2D eigenvalue weighted by atomic mass is 9.82. The highest BCUT2D eigenvalue weighted by Gasteiger charge is 2.23. The Morgan fingerprint density at radius 2 is 1.87 bits per heavy atom. The van der Waals surface area contributed by atoms with E-state index < -0.39 is 5.60 Å². The molecule has 3 aromatic heterocycles. The summed E-state index contributed by atoms with van der Waals surface area (Å²) < 4.78 is 6.67. The summed E-state index contributed by atoms with van der Waals surface area (Å²) in [6.45, 7) is 7.41. The lowest BCUT2D eigenvalue weighted by Crippen LogP contribution is -2.27. The maximum absolute atomic E-state index is 13.2. The second-order valence-electron chi connectivity index (χ2n) is 10.5. The third-order valence-corrected chi connectivity index (χ3v) is 7.77. The summed E-state index contributed by atoms with van der Waals surface area (Å²) in [5, 5.41) is 14.2. The van der Waals surface area contributed by atoms with E-state index in [0.717, 1.165) is 5.69 Å². The number of anilines is 2. The molecule has 4 aromatic rings. The first-order chi connectivity index (χ1) is 18.8. The Bertz CT molecular complexity index is 1510. The molecule has 1 fully saturated rings. The minimum atomic E-state index is -1.14. The molecule has 0 radical (unpaired) electrons. The summed E-state index contributed by atoms with van der Waals surface area (Å²) >= 11 is 1.71. The molecule has 3 heterocycles. The fourth-order valence-electron chi connectivity index (χ4n) is 5.17. The molecule has 0 spiro atoms. The average Bonchev–Trinajstić information content (AvgIpc) is 3.20. The van der Waals surface area contributed by atoms with Crippen LogP contribution in [0.5, 0.6) is 0 Å². The van der Waals surface area contributed by atoms with E-state index in [9.17, 15) is 9.90 Å². The Morgan fingerprint density at radius 3 is 2.54 bits per heavy atom. The lowest BCUT2D eigenvalue weighted by molar-refractivity contribution is 0.0738. The Morgan fingerprint density at radius 1 is 1.13 bits per heavy atom. The van der Waals surface area contributed by atoms with Gasteiger partial charge in [0.25, 0.3) is 5.56 Å². The topological polar surface area (TPSA) is 110 Å². The fourth-order valence-corrected chi connectivity index (χ4v) is 5.74. The summed E-state index contributed by atoms with van der Waals surface area (Å²) in [6, 6.07) is 14.4. The summed E-state index contributed by atoms with van der Waals surface area (Å²) in [7, 11) is 0. The maximum atomic E-state index is 13.2. The molecule has 5 rings (SSSR count). The first-order valence-corrected chi connectivity index (χ1v) is 14.5. The predicted octanol–water partition coefficient (Wildman–Crippen LogP) is 5.03. The number of rotatable bonds is 9. The van der Waals surface area contributed by atoms with Crippen LogP contribution in [0.4, 0.5) is 11.6 Å². The van der Waals surface area contributed by atoms with E-state index in [2.05, 4.69) is 57.1 Å². The molecule has 0 atom stereocenters. The van der Waals surface area contributed by atoms with Crippen LogP contribution in [0.1, 0.15) is 56.7 Å². The van der Waals surface area contributed by atoms with Gasteiger partial charge < -0.3 is 10.4 Å². The second kappa shape index (κ2) is 11.3. The van der Waals surface area contributed by atoms with Gasteiger partial charge in [0, 0.05) is 17.9 Å². The van der Waals surface area contributed by atoms with Gasteiger partial charge in [-0.05, 0) is 81.5 Å². The zero-order valence-corrected chi connectivity index (χ0v) is 23.4. The molecule has 39 heavy (non-hydrogen) atoms. The quantitative estimate of drug-likeness (QED) is 0.199. The average molecular weight is 546 g/mol. The minimum absolute atomic E-state index is 0.237. The summed E-state index contributed by atoms with van der Waals surface area (Å²) in [6.07, 6.45) is 10.0. The molecule has 1 aliphatic carbocycles. The van der Waals surface area contributed by atoms with Crippen LogP contribution >= 0.6 is 11.9 Å². The van der Waals surface area contributed by atoms with Crippen molar-refractivity contribution in [3.05, 3.63) is 82.9 Å². The van der Waals surface area contributed by atoms with Gasteiger partial charge in [-0.15, -0.1) is 6.58 Å². The zero-order chi connectivity index (χ0) is 27.6. The van der Waals surface area contributed by atoms with Crippen molar-refractivity contribution < 1.29 is 5.11 Å². The van der Waals surface area contributed by atoms with Crippen molar-refractivity contribution in [1.29, 1.82) is 0 Å². The maximum Gasteiger partial charge on any atom is 0.278 e. The minimum Gasteiger partial charge on any atom is -0.384 e. The van der Waals surface area contributed by atoms with Crippen molar-refractivity contribution in [2.45, 2.75) is 63.6 Å². The highest BCUT2D eigenvalue weighted by molar-refractivity contribution is 7.96. The number of nitrogens with zero attached hydrogens (tertiary/aromatic N) is 5. The first-order valence-electron chi connectivity index (χ1n) is 13.2. The summed E-state index contributed by atoms with van der Waals surface area (Å²) in [5.74, 6) is 1.43. The molecule has 204 valence electrons. The molecule has 0 bridgehead atoms. The molecule has 9 nitrogen and oxygen atoms in total. The standard InChI is InChI=1S/C29H35N7O2S/c1-5-17-35-27(37)23-18-30-28(33-26(23)36(35)25-8-6-7-24(32-25)29(2,3)38)31-21-13-9-19(10-14-21)20-11-15-22(16-12-20)34-39-4/h5-10,13-14,18,20,22,34,38H,1,11-12,15-17H2,2-4H3,(H,30,31,33). The van der Waals surface area contributed by atoms with Crippen LogP contribution in [-0.4, -0.2) is 41.7 Å². The zero-order valence-electron chi connectivity index (χ0n) is 22.6. The van der Waals surface area contributed by atoms with Crippen molar-refractivity contribution in [3.63, 3.8) is 0 Å². The van der Waals surface area contributed by atoms with E-state index in [1.165, 1.54) is 35.9 Å². The fraction of sp³-hybridized carbons (Fsp3) is 0.379. The molecule has 3 N–H and O–H groups in total. The van der Waals surface area contributed by atoms with Crippen molar-refractivity contribution in [3.8, 4) is 5.82 Å². The lowest BCUT2D eigenvalue weighted by Gasteiger charge is -2.28. The van der Waals surface area contributed by atoms with Crippen LogP contribution < -0.4 is 15.6 Å². The monoisotopic (exact) mass is 545 g/mol. The Balaban J connectivity index is 1.44. The van der Waals surface area contributed by atoms with E-state index >= 15 is 0 Å². The van der Waals surface area contributed by atoms with Gasteiger partial charge in [0.2, 0.25) is 5.95 Å². The van der Waals surface area contributed by atoms with Gasteiger partial charge in [0.15, 0.2) is 11.5 Å². The third kappa shape index (κ3) is 5.78. The number of hydrogen-bond acceptors (Lipinski definition) is 8. The number of aromatic nitrogens is 5. The first kappa shape index (κ1) is 27.1. The normalized spacial score (nSPS) is 17.8. The van der Waals surface area contributed by atoms with E-state index in [-0.39, 0.29) is 12.1 Å². The second-order valence-corrected chi connectivity index (χ2v) is 11.1. The molecule has 1 saturated carbocycles. The molecular formula is C29H35N7O2S. The summed E-state index contributed by atoms with van der Waals surface area (Å²) in [5.41, 5.74) is 1.76. The molecule has 0 aliphatic heterocycles. The van der Waals surface area contributed by atoms with Crippen LogP contribution in [0.15, 0.2) is 66.1 Å². The number of hydrogen-bond donors (Lipinski definition) is 3. The van der Waals surface area contributed by atoms with E-state index in [1.807, 2.05) is 0 Å². The van der Waals surface area contributed by atoms with Crippen LogP contribution in [0.2, 0.25) is 0 Å². The molecule has 0 unspecified atom stereocenters. The molecule has 10 heteroatoms.